The van der Waals surface area contributed by atoms with Crippen molar-refractivity contribution in [1.29, 1.82) is 0 Å². The fourth-order valence-electron chi connectivity index (χ4n) is 2.08. The molecule has 0 aromatic heterocycles. The van der Waals surface area contributed by atoms with Crippen molar-refractivity contribution >= 4 is 8.58 Å². The monoisotopic (exact) mass is 166 g/mol. The van der Waals surface area contributed by atoms with E-state index in [0.29, 0.717) is 10.3 Å². The minimum absolute atomic E-state index is 0.526. The van der Waals surface area contributed by atoms with Crippen molar-refractivity contribution in [3.63, 3.8) is 0 Å². The smallest absolute Gasteiger partial charge is 0.00390 e. The summed E-state index contributed by atoms with van der Waals surface area (Å²) >= 11 is 0. The van der Waals surface area contributed by atoms with Crippen LogP contribution in [0.15, 0.2) is 24.3 Å². The fraction of sp³-hybridized carbons (Fsp3) is 0.600. The molecular formula is C10H15P. The average Bonchev–Trinajstić information content (AvgIpc) is 2.11. The quantitative estimate of drug-likeness (QED) is 0.485. The van der Waals surface area contributed by atoms with Gasteiger partial charge in [-0.15, -0.1) is 8.58 Å². The lowest BCUT2D eigenvalue weighted by Gasteiger charge is -2.22. The standard InChI is InChI=1S/C10H15P/c1-9-5-3-4-6-10(2,11-9)8-7-9/h3-6,11H,7-8H2,1-2H3. The summed E-state index contributed by atoms with van der Waals surface area (Å²) < 4.78 is 0. The first-order valence-electron chi connectivity index (χ1n) is 4.28. The zero-order valence-corrected chi connectivity index (χ0v) is 8.22. The summed E-state index contributed by atoms with van der Waals surface area (Å²) in [6.07, 6.45) is 12.0. The predicted octanol–water partition coefficient (Wildman–Crippen LogP) is 3.10. The molecule has 2 bridgehead atoms. The number of allylic oxidation sites excluding steroid dienone is 4. The van der Waals surface area contributed by atoms with Gasteiger partial charge in [0.1, 0.15) is 0 Å². The Bertz CT molecular complexity index is 205. The van der Waals surface area contributed by atoms with Gasteiger partial charge in [0.25, 0.3) is 0 Å². The van der Waals surface area contributed by atoms with Crippen molar-refractivity contribution in [3.05, 3.63) is 24.3 Å². The van der Waals surface area contributed by atoms with Crippen molar-refractivity contribution in [2.45, 2.75) is 37.0 Å². The summed E-state index contributed by atoms with van der Waals surface area (Å²) in [6.45, 7) is 4.78. The summed E-state index contributed by atoms with van der Waals surface area (Å²) in [7, 11) is 1.09. The molecule has 11 heavy (non-hydrogen) atoms. The molecule has 0 aliphatic carbocycles. The molecule has 1 saturated heterocycles. The Hall–Kier alpha value is -0.0900. The van der Waals surface area contributed by atoms with Gasteiger partial charge in [-0.2, -0.15) is 0 Å². The van der Waals surface area contributed by atoms with E-state index in [4.69, 9.17) is 0 Å². The van der Waals surface area contributed by atoms with Crippen molar-refractivity contribution < 1.29 is 0 Å². The minimum Gasteiger partial charge on any atom is -0.102 e. The highest BCUT2D eigenvalue weighted by atomic mass is 31.1. The van der Waals surface area contributed by atoms with Gasteiger partial charge in [0.2, 0.25) is 0 Å². The van der Waals surface area contributed by atoms with E-state index < -0.39 is 0 Å². The second-order valence-electron chi connectivity index (χ2n) is 4.18. The maximum absolute atomic E-state index is 2.39. The second kappa shape index (κ2) is 2.20. The molecule has 0 N–H and O–H groups in total. The van der Waals surface area contributed by atoms with E-state index >= 15 is 0 Å². The highest BCUT2D eigenvalue weighted by molar-refractivity contribution is 7.43. The third kappa shape index (κ3) is 1.29. The molecular weight excluding hydrogens is 151 g/mol. The predicted molar refractivity (Wildman–Crippen MR) is 52.6 cm³/mol. The van der Waals surface area contributed by atoms with Crippen LogP contribution in [0.25, 0.3) is 0 Å². The first-order chi connectivity index (χ1) is 5.12. The molecule has 1 fully saturated rings. The van der Waals surface area contributed by atoms with Gasteiger partial charge in [-0.05, 0) is 12.8 Å². The maximum atomic E-state index is 2.39. The van der Waals surface area contributed by atoms with E-state index in [9.17, 15) is 0 Å². The van der Waals surface area contributed by atoms with Crippen LogP contribution in [0.5, 0.6) is 0 Å². The molecule has 0 amide bonds. The average molecular weight is 166 g/mol. The van der Waals surface area contributed by atoms with E-state index in [1.54, 1.807) is 0 Å². The van der Waals surface area contributed by atoms with E-state index in [2.05, 4.69) is 38.2 Å². The van der Waals surface area contributed by atoms with Gasteiger partial charge in [0.05, 0.1) is 0 Å². The summed E-state index contributed by atoms with van der Waals surface area (Å²) in [4.78, 5) is 0. The Kier molecular flexibility index (Phi) is 1.51. The third-order valence-electron chi connectivity index (χ3n) is 2.77. The van der Waals surface area contributed by atoms with Crippen LogP contribution >= 0.6 is 8.58 Å². The van der Waals surface area contributed by atoms with E-state index in [1.807, 2.05) is 0 Å². The van der Waals surface area contributed by atoms with Crippen LogP contribution in [0.4, 0.5) is 0 Å². The maximum Gasteiger partial charge on any atom is 0.00390 e. The van der Waals surface area contributed by atoms with Crippen molar-refractivity contribution in [3.8, 4) is 0 Å². The zero-order chi connectivity index (χ0) is 7.95. The number of hydrogen-bond donors (Lipinski definition) is 0. The van der Waals surface area contributed by atoms with E-state index in [0.717, 1.165) is 8.58 Å². The van der Waals surface area contributed by atoms with Crippen LogP contribution in [0.1, 0.15) is 26.7 Å². The summed E-state index contributed by atoms with van der Waals surface area (Å²) in [6, 6.07) is 0. The van der Waals surface area contributed by atoms with Crippen molar-refractivity contribution in [2.75, 3.05) is 0 Å². The van der Waals surface area contributed by atoms with Crippen LogP contribution < -0.4 is 0 Å². The molecule has 0 aromatic rings. The fourth-order valence-corrected chi connectivity index (χ4v) is 4.25. The van der Waals surface area contributed by atoms with Crippen LogP contribution in [0.2, 0.25) is 0 Å². The van der Waals surface area contributed by atoms with Crippen LogP contribution in [0, 0.1) is 0 Å². The third-order valence-corrected chi connectivity index (χ3v) is 4.75. The number of hydrogen-bond acceptors (Lipinski definition) is 0. The molecule has 0 aromatic carbocycles. The Labute approximate surface area is 70.5 Å². The van der Waals surface area contributed by atoms with Crippen molar-refractivity contribution in [2.24, 2.45) is 0 Å². The molecule has 1 heteroatoms. The Balaban J connectivity index is 2.35. The lowest BCUT2D eigenvalue weighted by atomic mass is 9.95. The molecule has 60 valence electrons. The van der Waals surface area contributed by atoms with Crippen LogP contribution in [0.3, 0.4) is 0 Å². The summed E-state index contributed by atoms with van der Waals surface area (Å²) in [5.74, 6) is 0. The van der Waals surface area contributed by atoms with Gasteiger partial charge >= 0.3 is 0 Å². The SMILES string of the molecule is CC12C=CC=CC(C)(CC1)P2. The molecule has 2 aliphatic heterocycles. The molecule has 2 heterocycles. The number of rotatable bonds is 0. The van der Waals surface area contributed by atoms with Crippen LogP contribution in [-0.4, -0.2) is 10.3 Å². The van der Waals surface area contributed by atoms with Gasteiger partial charge < -0.3 is 0 Å². The topological polar surface area (TPSA) is 0 Å². The second-order valence-corrected chi connectivity index (χ2v) is 6.71. The first-order valence-corrected chi connectivity index (χ1v) is 5.28. The lowest BCUT2D eigenvalue weighted by molar-refractivity contribution is 0.645. The molecule has 2 atom stereocenters. The molecule has 0 radical (unpaired) electrons. The van der Waals surface area contributed by atoms with Gasteiger partial charge in [-0.25, -0.2) is 0 Å². The van der Waals surface area contributed by atoms with Crippen molar-refractivity contribution in [1.82, 2.24) is 0 Å². The zero-order valence-electron chi connectivity index (χ0n) is 7.22. The number of fused-ring (bicyclic) bond motifs is 2. The van der Waals surface area contributed by atoms with Gasteiger partial charge in [0.15, 0.2) is 0 Å². The Morgan fingerprint density at radius 2 is 1.45 bits per heavy atom. The first kappa shape index (κ1) is 7.55. The minimum atomic E-state index is 0.526. The van der Waals surface area contributed by atoms with Gasteiger partial charge in [-0.3, -0.25) is 0 Å². The highest BCUT2D eigenvalue weighted by Gasteiger charge is 2.39. The highest BCUT2D eigenvalue weighted by Crippen LogP contribution is 2.57. The van der Waals surface area contributed by atoms with Gasteiger partial charge in [0, 0.05) is 10.3 Å². The Morgan fingerprint density at radius 3 is 1.91 bits per heavy atom. The van der Waals surface area contributed by atoms with Crippen LogP contribution in [-0.2, 0) is 0 Å². The lowest BCUT2D eigenvalue weighted by Crippen LogP contribution is -2.10. The normalized spacial score (nSPS) is 50.0. The van der Waals surface area contributed by atoms with E-state index in [-0.39, 0.29) is 0 Å². The molecule has 2 rings (SSSR count). The van der Waals surface area contributed by atoms with E-state index in [1.165, 1.54) is 12.8 Å². The molecule has 2 aliphatic rings. The molecule has 0 saturated carbocycles. The largest absolute Gasteiger partial charge is 0.102 e. The van der Waals surface area contributed by atoms with Gasteiger partial charge in [-0.1, -0.05) is 38.2 Å². The molecule has 0 spiro atoms. The summed E-state index contributed by atoms with van der Waals surface area (Å²) in [5, 5.41) is 1.05. The molecule has 2 unspecified atom stereocenters. The summed E-state index contributed by atoms with van der Waals surface area (Å²) in [5.41, 5.74) is 0. The Morgan fingerprint density at radius 1 is 1.00 bits per heavy atom. The molecule has 0 nitrogen and oxygen atoms in total.